The van der Waals surface area contributed by atoms with Crippen molar-refractivity contribution in [1.82, 2.24) is 5.32 Å². The molecule has 1 amide bonds. The van der Waals surface area contributed by atoms with E-state index in [1.54, 1.807) is 11.3 Å². The van der Waals surface area contributed by atoms with E-state index in [0.717, 1.165) is 28.4 Å². The number of fused-ring (bicyclic) bond motifs is 1. The Balaban J connectivity index is 2.09. The number of thiophene rings is 1. The van der Waals surface area contributed by atoms with Gasteiger partial charge >= 0.3 is 0 Å². The van der Waals surface area contributed by atoms with Crippen LogP contribution in [-0.4, -0.2) is 22.1 Å². The van der Waals surface area contributed by atoms with E-state index in [4.69, 9.17) is 0 Å². The summed E-state index contributed by atoms with van der Waals surface area (Å²) in [4.78, 5) is 14.4. The molecular formula is C12H15Br2NOS. The molecule has 1 aromatic heterocycles. The van der Waals surface area contributed by atoms with Crippen LogP contribution in [0.25, 0.3) is 0 Å². The number of halogens is 2. The van der Waals surface area contributed by atoms with Crippen LogP contribution in [0.2, 0.25) is 0 Å². The Morgan fingerprint density at radius 2 is 2.18 bits per heavy atom. The molecule has 0 atom stereocenters. The summed E-state index contributed by atoms with van der Waals surface area (Å²) in [5.41, 5.74) is 1.14. The zero-order valence-electron chi connectivity index (χ0n) is 9.69. The normalized spacial score (nSPS) is 14.8. The molecule has 0 saturated carbocycles. The van der Waals surface area contributed by atoms with Crippen molar-refractivity contribution in [2.75, 3.05) is 10.7 Å². The number of hydrogen-bond acceptors (Lipinski definition) is 2. The number of rotatable bonds is 4. The van der Waals surface area contributed by atoms with Crippen molar-refractivity contribution in [1.29, 1.82) is 0 Å². The van der Waals surface area contributed by atoms with Crippen molar-refractivity contribution in [2.24, 2.45) is 0 Å². The molecule has 0 aromatic carbocycles. The van der Waals surface area contributed by atoms with Gasteiger partial charge in [-0.2, -0.15) is 0 Å². The second kappa shape index (κ2) is 5.41. The first kappa shape index (κ1) is 13.6. The van der Waals surface area contributed by atoms with E-state index in [0.29, 0.717) is 0 Å². The molecule has 17 heavy (non-hydrogen) atoms. The summed E-state index contributed by atoms with van der Waals surface area (Å²) in [5.74, 6) is 0.0470. The Kier molecular flexibility index (Phi) is 4.31. The third-order valence-corrected chi connectivity index (χ3v) is 6.69. The Bertz CT molecular complexity index is 405. The zero-order chi connectivity index (χ0) is 12.5. The predicted molar refractivity (Wildman–Crippen MR) is 79.8 cm³/mol. The number of carbonyl (C=O) groups is 1. The second-order valence-corrected chi connectivity index (χ2v) is 6.95. The maximum absolute atomic E-state index is 12.1. The van der Waals surface area contributed by atoms with Crippen molar-refractivity contribution in [2.45, 2.75) is 31.7 Å². The molecule has 0 aliphatic heterocycles. The van der Waals surface area contributed by atoms with E-state index >= 15 is 0 Å². The highest BCUT2D eigenvalue weighted by Crippen LogP contribution is 2.30. The van der Waals surface area contributed by atoms with Crippen LogP contribution in [0.15, 0.2) is 6.07 Å². The molecule has 5 heteroatoms. The first-order chi connectivity index (χ1) is 8.08. The van der Waals surface area contributed by atoms with Crippen LogP contribution >= 0.6 is 43.2 Å². The minimum atomic E-state index is -0.231. The van der Waals surface area contributed by atoms with Gasteiger partial charge in [-0.1, -0.05) is 31.9 Å². The third kappa shape index (κ3) is 2.93. The molecule has 2 nitrogen and oxygen atoms in total. The highest BCUT2D eigenvalue weighted by atomic mass is 79.9. The van der Waals surface area contributed by atoms with Gasteiger partial charge in [-0.15, -0.1) is 11.3 Å². The SMILES string of the molecule is CC(CBr)(CBr)NC(=O)c1cc2c(s1)CCC2. The Labute approximate surface area is 122 Å². The maximum atomic E-state index is 12.1. The lowest BCUT2D eigenvalue weighted by Crippen LogP contribution is -2.48. The summed E-state index contributed by atoms with van der Waals surface area (Å²) in [5, 5.41) is 4.55. The van der Waals surface area contributed by atoms with Crippen LogP contribution in [-0.2, 0) is 12.8 Å². The summed E-state index contributed by atoms with van der Waals surface area (Å²) in [7, 11) is 0. The minimum Gasteiger partial charge on any atom is -0.344 e. The standard InChI is InChI=1S/C12H15Br2NOS/c1-12(6-13,7-14)15-11(16)10-5-8-3-2-4-9(8)17-10/h5H,2-4,6-7H2,1H3,(H,15,16). The van der Waals surface area contributed by atoms with Gasteiger partial charge in [0.1, 0.15) is 0 Å². The van der Waals surface area contributed by atoms with Gasteiger partial charge in [-0.05, 0) is 37.8 Å². The summed E-state index contributed by atoms with van der Waals surface area (Å²) >= 11 is 8.52. The predicted octanol–water partition coefficient (Wildman–Crippen LogP) is 3.52. The van der Waals surface area contributed by atoms with Crippen LogP contribution in [0.3, 0.4) is 0 Å². The van der Waals surface area contributed by atoms with Gasteiger partial charge in [-0.3, -0.25) is 4.79 Å². The smallest absolute Gasteiger partial charge is 0.261 e. The van der Waals surface area contributed by atoms with Crippen LogP contribution in [0.4, 0.5) is 0 Å². The lowest BCUT2D eigenvalue weighted by atomic mass is 10.1. The first-order valence-corrected chi connectivity index (χ1v) is 8.70. The quantitative estimate of drug-likeness (QED) is 0.795. The molecule has 0 radical (unpaired) electrons. The molecule has 1 heterocycles. The Morgan fingerprint density at radius 1 is 1.47 bits per heavy atom. The van der Waals surface area contributed by atoms with E-state index in [1.165, 1.54) is 16.9 Å². The highest BCUT2D eigenvalue weighted by Gasteiger charge is 2.26. The lowest BCUT2D eigenvalue weighted by molar-refractivity contribution is 0.0927. The number of nitrogens with one attached hydrogen (secondary N) is 1. The van der Waals surface area contributed by atoms with Crippen LogP contribution < -0.4 is 5.32 Å². The molecule has 1 aromatic rings. The van der Waals surface area contributed by atoms with Gasteiger partial charge in [0.05, 0.1) is 10.4 Å². The summed E-state index contributed by atoms with van der Waals surface area (Å²) < 4.78 is 0. The Morgan fingerprint density at radius 3 is 2.76 bits per heavy atom. The first-order valence-electron chi connectivity index (χ1n) is 5.64. The van der Waals surface area contributed by atoms with E-state index in [2.05, 4.69) is 43.2 Å². The largest absolute Gasteiger partial charge is 0.344 e. The molecule has 1 aliphatic carbocycles. The maximum Gasteiger partial charge on any atom is 0.261 e. The van der Waals surface area contributed by atoms with Crippen molar-refractivity contribution in [3.63, 3.8) is 0 Å². The average Bonchev–Trinajstić information content (AvgIpc) is 2.88. The van der Waals surface area contributed by atoms with E-state index in [-0.39, 0.29) is 11.4 Å². The van der Waals surface area contributed by atoms with Crippen LogP contribution in [0.1, 0.15) is 33.5 Å². The molecule has 0 fully saturated rings. The van der Waals surface area contributed by atoms with Crippen molar-refractivity contribution >= 4 is 49.1 Å². The fourth-order valence-corrected chi connectivity index (χ4v) is 4.24. The third-order valence-electron chi connectivity index (χ3n) is 2.98. The minimum absolute atomic E-state index is 0.0470. The summed E-state index contributed by atoms with van der Waals surface area (Å²) in [6.45, 7) is 2.02. The van der Waals surface area contributed by atoms with Crippen LogP contribution in [0, 0.1) is 0 Å². The fraction of sp³-hybridized carbons (Fsp3) is 0.583. The van der Waals surface area contributed by atoms with Gasteiger partial charge in [0.25, 0.3) is 5.91 Å². The molecule has 1 N–H and O–H groups in total. The van der Waals surface area contributed by atoms with E-state index < -0.39 is 0 Å². The van der Waals surface area contributed by atoms with E-state index in [9.17, 15) is 4.79 Å². The molecule has 0 bridgehead atoms. The van der Waals surface area contributed by atoms with Gasteiger partial charge in [0.15, 0.2) is 0 Å². The highest BCUT2D eigenvalue weighted by molar-refractivity contribution is 9.09. The Hall–Kier alpha value is 0.130. The zero-order valence-corrected chi connectivity index (χ0v) is 13.7. The van der Waals surface area contributed by atoms with Gasteiger partial charge in [-0.25, -0.2) is 0 Å². The van der Waals surface area contributed by atoms with Gasteiger partial charge in [0.2, 0.25) is 0 Å². The van der Waals surface area contributed by atoms with Crippen molar-refractivity contribution in [3.05, 3.63) is 21.4 Å². The molecule has 2 rings (SSSR count). The summed E-state index contributed by atoms with van der Waals surface area (Å²) in [6, 6.07) is 2.06. The van der Waals surface area contributed by atoms with E-state index in [1.807, 2.05) is 6.92 Å². The molecular weight excluding hydrogens is 366 g/mol. The fourth-order valence-electron chi connectivity index (χ4n) is 1.88. The average molecular weight is 381 g/mol. The second-order valence-electron chi connectivity index (χ2n) is 4.69. The number of carbonyl (C=O) groups excluding carboxylic acids is 1. The number of amides is 1. The molecule has 94 valence electrons. The molecule has 0 saturated heterocycles. The van der Waals surface area contributed by atoms with Crippen molar-refractivity contribution in [3.8, 4) is 0 Å². The monoisotopic (exact) mass is 379 g/mol. The molecule has 1 aliphatic rings. The summed E-state index contributed by atoms with van der Waals surface area (Å²) in [6.07, 6.45) is 3.51. The van der Waals surface area contributed by atoms with Gasteiger partial charge in [0, 0.05) is 15.5 Å². The topological polar surface area (TPSA) is 29.1 Å². The molecule has 0 spiro atoms. The van der Waals surface area contributed by atoms with Crippen LogP contribution in [0.5, 0.6) is 0 Å². The number of hydrogen-bond donors (Lipinski definition) is 1. The lowest BCUT2D eigenvalue weighted by Gasteiger charge is -2.26. The van der Waals surface area contributed by atoms with Gasteiger partial charge < -0.3 is 5.32 Å². The van der Waals surface area contributed by atoms with Crippen molar-refractivity contribution < 1.29 is 4.79 Å². The number of aryl methyl sites for hydroxylation is 2. The number of alkyl halides is 2. The molecule has 0 unspecified atom stereocenters.